The van der Waals surface area contributed by atoms with Crippen LogP contribution in [0, 0.1) is 5.92 Å². The van der Waals surface area contributed by atoms with E-state index < -0.39 is 5.97 Å². The smallest absolute Gasteiger partial charge is 0.337 e. The van der Waals surface area contributed by atoms with Gasteiger partial charge < -0.3 is 19.1 Å². The van der Waals surface area contributed by atoms with Crippen LogP contribution in [0.5, 0.6) is 11.5 Å². The first-order valence-electron chi connectivity index (χ1n) is 11.3. The maximum atomic E-state index is 12.2. The molecule has 3 aromatic carbocycles. The lowest BCUT2D eigenvalue weighted by molar-refractivity contribution is 0.0697. The highest BCUT2D eigenvalue weighted by atomic mass is 16.5. The summed E-state index contributed by atoms with van der Waals surface area (Å²) in [6, 6.07) is 25.2. The molecule has 0 aliphatic rings. The number of ether oxygens (including phenoxy) is 2. The fourth-order valence-corrected chi connectivity index (χ4v) is 4.28. The zero-order valence-electron chi connectivity index (χ0n) is 19.9. The predicted octanol–water partition coefficient (Wildman–Crippen LogP) is 6.73. The SMILES string of the molecule is COc1ccc(-c2cc(CC(C)C)n(-c3ccccc3C(=O)O)c2-c2ccc(OC)cc2)cc1. The maximum Gasteiger partial charge on any atom is 0.337 e. The molecule has 0 saturated carbocycles. The molecule has 0 aliphatic carbocycles. The highest BCUT2D eigenvalue weighted by Crippen LogP contribution is 2.40. The number of benzene rings is 3. The van der Waals surface area contributed by atoms with Gasteiger partial charge in [-0.1, -0.05) is 38.1 Å². The largest absolute Gasteiger partial charge is 0.497 e. The number of nitrogens with zero attached hydrogens (tertiary/aromatic N) is 1. The van der Waals surface area contributed by atoms with Gasteiger partial charge in [0, 0.05) is 11.3 Å². The van der Waals surface area contributed by atoms with Crippen molar-refractivity contribution < 1.29 is 19.4 Å². The first-order chi connectivity index (χ1) is 16.4. The van der Waals surface area contributed by atoms with Crippen LogP contribution >= 0.6 is 0 Å². The van der Waals surface area contributed by atoms with Crippen molar-refractivity contribution >= 4 is 5.97 Å². The van der Waals surface area contributed by atoms with E-state index in [0.717, 1.165) is 46.0 Å². The van der Waals surface area contributed by atoms with E-state index in [9.17, 15) is 9.90 Å². The van der Waals surface area contributed by atoms with E-state index in [4.69, 9.17) is 9.47 Å². The van der Waals surface area contributed by atoms with Gasteiger partial charge in [-0.15, -0.1) is 0 Å². The molecule has 174 valence electrons. The number of para-hydroxylation sites is 1. The number of hydrogen-bond donors (Lipinski definition) is 1. The van der Waals surface area contributed by atoms with E-state index in [1.165, 1.54) is 0 Å². The number of hydrogen-bond acceptors (Lipinski definition) is 3. The van der Waals surface area contributed by atoms with Crippen molar-refractivity contribution in [2.45, 2.75) is 20.3 Å². The van der Waals surface area contributed by atoms with Gasteiger partial charge >= 0.3 is 5.97 Å². The molecule has 4 aromatic rings. The Hall–Kier alpha value is -3.99. The third-order valence-electron chi connectivity index (χ3n) is 5.83. The van der Waals surface area contributed by atoms with Crippen molar-refractivity contribution in [3.63, 3.8) is 0 Å². The molecule has 1 heterocycles. The van der Waals surface area contributed by atoms with Gasteiger partial charge in [-0.25, -0.2) is 4.79 Å². The molecule has 0 spiro atoms. The van der Waals surface area contributed by atoms with Gasteiger partial charge in [0.1, 0.15) is 11.5 Å². The normalized spacial score (nSPS) is 11.0. The van der Waals surface area contributed by atoms with E-state index >= 15 is 0 Å². The molecular formula is C29H29NO4. The molecule has 0 fully saturated rings. The maximum absolute atomic E-state index is 12.2. The molecule has 1 aromatic heterocycles. The zero-order valence-corrected chi connectivity index (χ0v) is 19.9. The van der Waals surface area contributed by atoms with Crippen molar-refractivity contribution in [1.82, 2.24) is 4.57 Å². The first kappa shape index (κ1) is 23.2. The summed E-state index contributed by atoms with van der Waals surface area (Å²) >= 11 is 0. The van der Waals surface area contributed by atoms with Gasteiger partial charge in [0.05, 0.1) is 31.2 Å². The average Bonchev–Trinajstić information content (AvgIpc) is 3.22. The van der Waals surface area contributed by atoms with E-state index in [2.05, 4.69) is 24.5 Å². The second-order valence-electron chi connectivity index (χ2n) is 8.61. The van der Waals surface area contributed by atoms with Crippen molar-refractivity contribution in [1.29, 1.82) is 0 Å². The fraction of sp³-hybridized carbons (Fsp3) is 0.207. The number of carboxylic acids is 1. The second-order valence-corrected chi connectivity index (χ2v) is 8.61. The molecule has 34 heavy (non-hydrogen) atoms. The van der Waals surface area contributed by atoms with Crippen LogP contribution in [0.4, 0.5) is 0 Å². The number of carbonyl (C=O) groups is 1. The standard InChI is InChI=1S/C29H29NO4/c1-19(2)17-22-18-26(20-9-13-23(33-3)14-10-20)28(21-11-15-24(34-4)16-12-21)30(22)27-8-6-5-7-25(27)29(31)32/h5-16,18-19H,17H2,1-4H3,(H,31,32). The van der Waals surface area contributed by atoms with Crippen LogP contribution < -0.4 is 9.47 Å². The predicted molar refractivity (Wildman–Crippen MR) is 135 cm³/mol. The van der Waals surface area contributed by atoms with Crippen LogP contribution in [0.15, 0.2) is 78.9 Å². The molecule has 0 atom stereocenters. The van der Waals surface area contributed by atoms with Crippen LogP contribution in [-0.2, 0) is 6.42 Å². The molecule has 5 heteroatoms. The number of aromatic carboxylic acids is 1. The van der Waals surface area contributed by atoms with Crippen LogP contribution in [0.1, 0.15) is 29.9 Å². The quantitative estimate of drug-likeness (QED) is 0.320. The monoisotopic (exact) mass is 455 g/mol. The molecule has 4 rings (SSSR count). The first-order valence-corrected chi connectivity index (χ1v) is 11.3. The van der Waals surface area contributed by atoms with Gasteiger partial charge in [0.25, 0.3) is 0 Å². The van der Waals surface area contributed by atoms with E-state index in [0.29, 0.717) is 11.6 Å². The summed E-state index contributed by atoms with van der Waals surface area (Å²) in [5, 5.41) is 9.97. The molecule has 0 saturated heterocycles. The highest BCUT2D eigenvalue weighted by molar-refractivity contribution is 5.93. The van der Waals surface area contributed by atoms with Crippen LogP contribution in [0.25, 0.3) is 28.1 Å². The molecule has 0 unspecified atom stereocenters. The van der Waals surface area contributed by atoms with Crippen LogP contribution in [-0.4, -0.2) is 29.9 Å². The fourth-order valence-electron chi connectivity index (χ4n) is 4.28. The van der Waals surface area contributed by atoms with E-state index in [1.807, 2.05) is 60.7 Å². The Balaban J connectivity index is 2.06. The molecule has 0 aliphatic heterocycles. The minimum absolute atomic E-state index is 0.263. The number of carboxylic acid groups (broad SMARTS) is 1. The third kappa shape index (κ3) is 4.55. The van der Waals surface area contributed by atoms with Gasteiger partial charge in [-0.3, -0.25) is 0 Å². The summed E-state index contributed by atoms with van der Waals surface area (Å²) in [6.45, 7) is 4.33. The molecule has 5 nitrogen and oxygen atoms in total. The lowest BCUT2D eigenvalue weighted by Crippen LogP contribution is -2.10. The van der Waals surface area contributed by atoms with Crippen molar-refractivity contribution in [3.05, 3.63) is 90.1 Å². The summed E-state index contributed by atoms with van der Waals surface area (Å²) in [5.41, 5.74) is 5.95. The summed E-state index contributed by atoms with van der Waals surface area (Å²) < 4.78 is 12.8. The van der Waals surface area contributed by atoms with Crippen LogP contribution in [0.3, 0.4) is 0 Å². The number of methoxy groups -OCH3 is 2. The van der Waals surface area contributed by atoms with Gasteiger partial charge in [-0.05, 0) is 78.1 Å². The molecule has 0 radical (unpaired) electrons. The minimum atomic E-state index is -0.952. The second kappa shape index (κ2) is 9.87. The van der Waals surface area contributed by atoms with E-state index in [1.54, 1.807) is 26.4 Å². The third-order valence-corrected chi connectivity index (χ3v) is 5.83. The summed E-state index contributed by atoms with van der Waals surface area (Å²) in [4.78, 5) is 12.2. The Morgan fingerprint density at radius 1 is 0.853 bits per heavy atom. The lowest BCUT2D eigenvalue weighted by atomic mass is 10.0. The van der Waals surface area contributed by atoms with Crippen LogP contribution in [0.2, 0.25) is 0 Å². The Morgan fingerprint density at radius 3 is 1.94 bits per heavy atom. The van der Waals surface area contributed by atoms with Crippen molar-refractivity contribution in [2.75, 3.05) is 14.2 Å². The summed E-state index contributed by atoms with van der Waals surface area (Å²) in [5.74, 6) is 0.985. The topological polar surface area (TPSA) is 60.7 Å². The molecule has 0 amide bonds. The Kier molecular flexibility index (Phi) is 6.73. The highest BCUT2D eigenvalue weighted by Gasteiger charge is 2.23. The minimum Gasteiger partial charge on any atom is -0.497 e. The summed E-state index contributed by atoms with van der Waals surface area (Å²) in [6.07, 6.45) is 0.799. The van der Waals surface area contributed by atoms with Crippen molar-refractivity contribution in [2.24, 2.45) is 5.92 Å². The lowest BCUT2D eigenvalue weighted by Gasteiger charge is -2.18. The number of rotatable bonds is 8. The number of aromatic nitrogens is 1. The average molecular weight is 456 g/mol. The zero-order chi connectivity index (χ0) is 24.2. The van der Waals surface area contributed by atoms with E-state index in [-0.39, 0.29) is 5.56 Å². The van der Waals surface area contributed by atoms with Gasteiger partial charge in [-0.2, -0.15) is 0 Å². The molecule has 0 bridgehead atoms. The Bertz CT molecular complexity index is 1280. The summed E-state index contributed by atoms with van der Waals surface area (Å²) in [7, 11) is 3.29. The molecular weight excluding hydrogens is 426 g/mol. The van der Waals surface area contributed by atoms with Gasteiger partial charge in [0.15, 0.2) is 0 Å². The Morgan fingerprint density at radius 2 is 1.41 bits per heavy atom. The molecule has 1 N–H and O–H groups in total. The Labute approximate surface area is 200 Å². The van der Waals surface area contributed by atoms with Gasteiger partial charge in [0.2, 0.25) is 0 Å². The van der Waals surface area contributed by atoms with Crippen molar-refractivity contribution in [3.8, 4) is 39.6 Å².